The van der Waals surface area contributed by atoms with Crippen LogP contribution in [0, 0.1) is 0 Å². The van der Waals surface area contributed by atoms with Gasteiger partial charge in [0.1, 0.15) is 10.7 Å². The van der Waals surface area contributed by atoms with Crippen LogP contribution in [-0.2, 0) is 12.0 Å². The molecule has 0 aliphatic heterocycles. The molecule has 0 aliphatic rings. The molecule has 2 aromatic rings. The fraction of sp³-hybridized carbons (Fsp3) is 0.333. The Labute approximate surface area is 155 Å². The van der Waals surface area contributed by atoms with Gasteiger partial charge in [-0.3, -0.25) is 4.79 Å². The fourth-order valence-electron chi connectivity index (χ4n) is 1.92. The Hall–Kier alpha value is -0.850. The van der Waals surface area contributed by atoms with Gasteiger partial charge in [0.15, 0.2) is 0 Å². The van der Waals surface area contributed by atoms with E-state index < -0.39 is 0 Å². The van der Waals surface area contributed by atoms with Gasteiger partial charge in [0, 0.05) is 23.9 Å². The molecule has 0 saturated carbocycles. The van der Waals surface area contributed by atoms with Crippen molar-refractivity contribution in [3.8, 4) is 0 Å². The van der Waals surface area contributed by atoms with Crippen LogP contribution < -0.4 is 11.1 Å². The molecule has 0 atom stereocenters. The third kappa shape index (κ3) is 5.06. The number of amides is 1. The van der Waals surface area contributed by atoms with Crippen LogP contribution in [0.3, 0.4) is 0 Å². The van der Waals surface area contributed by atoms with Crippen LogP contribution in [0.25, 0.3) is 0 Å². The fourth-order valence-corrected chi connectivity index (χ4v) is 2.87. The summed E-state index contributed by atoms with van der Waals surface area (Å²) in [6.45, 7) is 4.85. The zero-order chi connectivity index (χ0) is 16.3. The molecule has 4 nitrogen and oxygen atoms in total. The number of carbonyl (C=O) groups excluding carboxylic acids is 1. The van der Waals surface area contributed by atoms with Gasteiger partial charge in [0.2, 0.25) is 0 Å². The number of aromatic nitrogens is 1. The Morgan fingerprint density at radius 3 is 2.61 bits per heavy atom. The maximum Gasteiger partial charge on any atom is 0.270 e. The van der Waals surface area contributed by atoms with Crippen LogP contribution in [0.15, 0.2) is 23.6 Å². The molecule has 2 rings (SSSR count). The van der Waals surface area contributed by atoms with Crippen molar-refractivity contribution in [1.82, 2.24) is 10.3 Å². The Kier molecular flexibility index (Phi) is 7.29. The summed E-state index contributed by atoms with van der Waals surface area (Å²) in [5, 5.41) is 6.37. The molecule has 0 unspecified atom stereocenters. The SMILES string of the molecule is CC(C)(CNC(=O)c1csc(CN)n1)c1ccc(Cl)c(Cl)c1.Cl. The zero-order valence-electron chi connectivity index (χ0n) is 12.7. The van der Waals surface area contributed by atoms with E-state index in [4.69, 9.17) is 28.9 Å². The monoisotopic (exact) mass is 393 g/mol. The van der Waals surface area contributed by atoms with Gasteiger partial charge in [0.25, 0.3) is 5.91 Å². The maximum absolute atomic E-state index is 12.1. The van der Waals surface area contributed by atoms with Crippen molar-refractivity contribution < 1.29 is 4.79 Å². The van der Waals surface area contributed by atoms with Crippen LogP contribution in [0.1, 0.15) is 34.9 Å². The minimum absolute atomic E-state index is 0. The van der Waals surface area contributed by atoms with E-state index in [0.717, 1.165) is 10.6 Å². The van der Waals surface area contributed by atoms with Gasteiger partial charge in [-0.05, 0) is 17.7 Å². The molecule has 0 aliphatic carbocycles. The molecule has 0 saturated heterocycles. The lowest BCUT2D eigenvalue weighted by Gasteiger charge is -2.26. The first-order valence-corrected chi connectivity index (χ1v) is 8.35. The third-order valence-electron chi connectivity index (χ3n) is 3.35. The summed E-state index contributed by atoms with van der Waals surface area (Å²) in [5.41, 5.74) is 6.62. The summed E-state index contributed by atoms with van der Waals surface area (Å²) in [6.07, 6.45) is 0. The molecular formula is C15H18Cl3N3OS. The Morgan fingerprint density at radius 1 is 1.35 bits per heavy atom. The summed E-state index contributed by atoms with van der Waals surface area (Å²) in [7, 11) is 0. The van der Waals surface area contributed by atoms with Crippen molar-refractivity contribution in [2.24, 2.45) is 5.73 Å². The number of rotatable bonds is 5. The minimum atomic E-state index is -0.281. The number of hydrogen-bond acceptors (Lipinski definition) is 4. The molecule has 0 fully saturated rings. The lowest BCUT2D eigenvalue weighted by Crippen LogP contribution is -2.36. The number of benzene rings is 1. The van der Waals surface area contributed by atoms with Gasteiger partial charge in [-0.1, -0.05) is 43.1 Å². The van der Waals surface area contributed by atoms with Crippen LogP contribution in [0.5, 0.6) is 0 Å². The van der Waals surface area contributed by atoms with Crippen LogP contribution in [0.4, 0.5) is 0 Å². The van der Waals surface area contributed by atoms with E-state index in [2.05, 4.69) is 10.3 Å². The normalized spacial score (nSPS) is 11.0. The molecule has 1 aromatic heterocycles. The number of nitrogens with zero attached hydrogens (tertiary/aromatic N) is 1. The largest absolute Gasteiger partial charge is 0.350 e. The Balaban J connectivity index is 0.00000264. The average Bonchev–Trinajstić information content (AvgIpc) is 2.96. The number of nitrogens with two attached hydrogens (primary N) is 1. The first kappa shape index (κ1) is 20.2. The summed E-state index contributed by atoms with van der Waals surface area (Å²) in [4.78, 5) is 16.3. The van der Waals surface area contributed by atoms with Crippen molar-refractivity contribution >= 4 is 52.9 Å². The van der Waals surface area contributed by atoms with Gasteiger partial charge >= 0.3 is 0 Å². The summed E-state index contributed by atoms with van der Waals surface area (Å²) >= 11 is 13.4. The summed E-state index contributed by atoms with van der Waals surface area (Å²) in [5.74, 6) is -0.205. The van der Waals surface area contributed by atoms with Crippen molar-refractivity contribution in [2.45, 2.75) is 25.8 Å². The van der Waals surface area contributed by atoms with E-state index in [-0.39, 0.29) is 23.7 Å². The Morgan fingerprint density at radius 2 is 2.04 bits per heavy atom. The molecule has 0 bridgehead atoms. The molecular weight excluding hydrogens is 377 g/mol. The van der Waals surface area contributed by atoms with E-state index in [9.17, 15) is 4.79 Å². The van der Waals surface area contributed by atoms with Gasteiger partial charge in [0.05, 0.1) is 10.0 Å². The second-order valence-electron chi connectivity index (χ2n) is 5.53. The highest BCUT2D eigenvalue weighted by atomic mass is 35.5. The maximum atomic E-state index is 12.1. The topological polar surface area (TPSA) is 68.0 Å². The molecule has 23 heavy (non-hydrogen) atoms. The lowest BCUT2D eigenvalue weighted by atomic mass is 9.84. The van der Waals surface area contributed by atoms with Gasteiger partial charge < -0.3 is 11.1 Å². The number of halogens is 3. The standard InChI is InChI=1S/C15H17Cl2N3OS.ClH/c1-15(2,9-3-4-10(16)11(17)5-9)8-19-14(21)12-7-22-13(6-18)20-12;/h3-5,7H,6,8,18H2,1-2H3,(H,19,21);1H. The molecule has 0 spiro atoms. The van der Waals surface area contributed by atoms with Crippen molar-refractivity contribution in [3.05, 3.63) is 49.9 Å². The van der Waals surface area contributed by atoms with Gasteiger partial charge in [-0.2, -0.15) is 0 Å². The van der Waals surface area contributed by atoms with Gasteiger partial charge in [-0.25, -0.2) is 4.98 Å². The zero-order valence-corrected chi connectivity index (χ0v) is 15.9. The molecule has 126 valence electrons. The number of thiazole rings is 1. The van der Waals surface area contributed by atoms with Crippen molar-refractivity contribution in [1.29, 1.82) is 0 Å². The highest BCUT2D eigenvalue weighted by molar-refractivity contribution is 7.09. The summed E-state index contributed by atoms with van der Waals surface area (Å²) in [6, 6.07) is 5.50. The quantitative estimate of drug-likeness (QED) is 0.804. The smallest absolute Gasteiger partial charge is 0.270 e. The predicted octanol–water partition coefficient (Wildman–Crippen LogP) is 4.04. The van der Waals surface area contributed by atoms with E-state index in [0.29, 0.717) is 28.8 Å². The van der Waals surface area contributed by atoms with Crippen LogP contribution in [-0.4, -0.2) is 17.4 Å². The molecule has 3 N–H and O–H groups in total. The number of carbonyl (C=O) groups is 1. The van der Waals surface area contributed by atoms with E-state index in [1.165, 1.54) is 11.3 Å². The van der Waals surface area contributed by atoms with Crippen molar-refractivity contribution in [2.75, 3.05) is 6.54 Å². The van der Waals surface area contributed by atoms with Gasteiger partial charge in [-0.15, -0.1) is 23.7 Å². The summed E-state index contributed by atoms with van der Waals surface area (Å²) < 4.78 is 0. The second-order valence-corrected chi connectivity index (χ2v) is 7.28. The molecule has 1 amide bonds. The molecule has 1 heterocycles. The number of hydrogen-bond donors (Lipinski definition) is 2. The first-order valence-electron chi connectivity index (χ1n) is 6.71. The third-order valence-corrected chi connectivity index (χ3v) is 4.96. The van der Waals surface area contributed by atoms with E-state index >= 15 is 0 Å². The highest BCUT2D eigenvalue weighted by Gasteiger charge is 2.23. The van der Waals surface area contributed by atoms with E-state index in [1.807, 2.05) is 26.0 Å². The average molecular weight is 395 g/mol. The lowest BCUT2D eigenvalue weighted by molar-refractivity contribution is 0.0941. The minimum Gasteiger partial charge on any atom is -0.350 e. The van der Waals surface area contributed by atoms with Crippen LogP contribution in [0.2, 0.25) is 10.0 Å². The Bertz CT molecular complexity index is 688. The molecule has 8 heteroatoms. The van der Waals surface area contributed by atoms with Crippen molar-refractivity contribution in [3.63, 3.8) is 0 Å². The van der Waals surface area contributed by atoms with Crippen LogP contribution >= 0.6 is 46.9 Å². The molecule has 1 aromatic carbocycles. The first-order chi connectivity index (χ1) is 10.3. The molecule has 0 radical (unpaired) electrons. The predicted molar refractivity (Wildman–Crippen MR) is 99.1 cm³/mol. The number of nitrogens with one attached hydrogen (secondary N) is 1. The van der Waals surface area contributed by atoms with E-state index in [1.54, 1.807) is 11.4 Å². The second kappa shape index (κ2) is 8.31. The highest BCUT2D eigenvalue weighted by Crippen LogP contribution is 2.29.